The molecule has 3 unspecified atom stereocenters. The number of aryl methyl sites for hydroxylation is 4. The number of nitrogens with one attached hydrogen (secondary N) is 2. The van der Waals surface area contributed by atoms with Crippen molar-refractivity contribution in [3.63, 3.8) is 0 Å². The Balaban J connectivity index is 0.00000131. The van der Waals surface area contributed by atoms with Gasteiger partial charge in [-0.2, -0.15) is 22.0 Å². The monoisotopic (exact) mass is 1700 g/mol. The number of nitrogens with two attached hydrogens (primary N) is 1. The molecule has 8 rings (SSSR count). The number of sulfone groups is 1. The van der Waals surface area contributed by atoms with Gasteiger partial charge in [0.1, 0.15) is 23.1 Å². The topological polar surface area (TPSA) is 324 Å². The maximum atomic E-state index is 12.9. The summed E-state index contributed by atoms with van der Waals surface area (Å²) in [4.78, 5) is 72.4. The van der Waals surface area contributed by atoms with Gasteiger partial charge in [-0.1, -0.05) is 48.2 Å². The lowest BCUT2D eigenvalue weighted by molar-refractivity contribution is -0.385. The molecule has 0 saturated carbocycles. The number of alkyl halides is 6. The van der Waals surface area contributed by atoms with Gasteiger partial charge in [-0.15, -0.1) is 23.5 Å². The average molecular weight is 1700 g/mol. The van der Waals surface area contributed by atoms with Crippen LogP contribution in [0.4, 0.5) is 96.4 Å². The molecule has 8 aromatic carbocycles. The number of non-ortho nitro benzene ring substituents is 2. The number of anilines is 3. The molecule has 23 nitrogen and oxygen atoms in total. The van der Waals surface area contributed by atoms with Gasteiger partial charge >= 0.3 is 18.1 Å². The molecule has 0 bridgehead atoms. The lowest BCUT2D eigenvalue weighted by atomic mass is 10.1. The Morgan fingerprint density at radius 3 is 1.16 bits per heavy atom. The molecular formula is C74H72F9IN10O13S3. The average Bonchev–Trinajstić information content (AvgIpc) is 0.808. The van der Waals surface area contributed by atoms with Crippen molar-refractivity contribution in [3.8, 4) is 0 Å². The zero-order valence-corrected chi connectivity index (χ0v) is 63.2. The van der Waals surface area contributed by atoms with Crippen LogP contribution in [0.2, 0.25) is 0 Å². The van der Waals surface area contributed by atoms with Gasteiger partial charge in [-0.25, -0.2) is 50.6 Å². The summed E-state index contributed by atoms with van der Waals surface area (Å²) in [5.41, 5.74) is 7.02. The normalized spacial score (nSPS) is 12.0. The molecule has 584 valence electrons. The summed E-state index contributed by atoms with van der Waals surface area (Å²) in [6.45, 7) is 44.8. The van der Waals surface area contributed by atoms with Crippen LogP contribution in [-0.4, -0.2) is 110 Å². The van der Waals surface area contributed by atoms with E-state index < -0.39 is 85.1 Å². The maximum Gasteiger partial charge on any atom is 0.452 e. The fourth-order valence-corrected chi connectivity index (χ4v) is 11.4. The number of aliphatic carboxylic acids is 1. The number of carboxylic acids is 1. The van der Waals surface area contributed by atoms with E-state index in [9.17, 15) is 97.9 Å². The van der Waals surface area contributed by atoms with Gasteiger partial charge in [0.2, 0.25) is 5.69 Å². The number of hydrogen-bond acceptors (Lipinski definition) is 15. The van der Waals surface area contributed by atoms with Gasteiger partial charge in [-0.05, 0) is 192 Å². The number of nitro groups is 2. The number of nitrogens with zero attached hydrogens (tertiary/aromatic N) is 7. The predicted molar refractivity (Wildman–Crippen MR) is 413 cm³/mol. The number of nitrogen functional groups attached to an aromatic ring is 1. The Hall–Kier alpha value is -11.2. The third-order valence-corrected chi connectivity index (χ3v) is 18.9. The minimum atomic E-state index is -5.40. The minimum absolute atomic E-state index is 0. The van der Waals surface area contributed by atoms with Crippen molar-refractivity contribution in [3.05, 3.63) is 284 Å². The van der Waals surface area contributed by atoms with E-state index in [1.54, 1.807) is 75.4 Å². The zero-order chi connectivity index (χ0) is 84.3. The third kappa shape index (κ3) is 34.4. The van der Waals surface area contributed by atoms with Crippen molar-refractivity contribution < 1.29 is 94.0 Å². The molecule has 36 heteroatoms. The molecule has 0 radical (unpaired) electrons. The van der Waals surface area contributed by atoms with Crippen molar-refractivity contribution in [2.75, 3.05) is 40.8 Å². The molecule has 0 aliphatic carbocycles. The smallest absolute Gasteiger partial charge is 0.452 e. The van der Waals surface area contributed by atoms with E-state index in [1.165, 1.54) is 122 Å². The third-order valence-electron chi connectivity index (χ3n) is 13.5. The molecule has 2 amide bonds. The number of aliphatic hydroxyl groups is 3. The van der Waals surface area contributed by atoms with Crippen molar-refractivity contribution in [2.45, 2.75) is 106 Å². The Bertz CT molecular complexity index is 4760. The first-order chi connectivity index (χ1) is 51.0. The number of halogens is 10. The van der Waals surface area contributed by atoms with E-state index in [2.05, 4.69) is 34.9 Å². The van der Waals surface area contributed by atoms with E-state index in [4.69, 9.17) is 45.1 Å². The highest BCUT2D eigenvalue weighted by atomic mass is 127. The molecule has 3 atom stereocenters. The molecule has 8 aromatic rings. The van der Waals surface area contributed by atoms with Crippen LogP contribution in [0.5, 0.6) is 0 Å². The van der Waals surface area contributed by atoms with E-state index in [0.717, 1.165) is 52.1 Å². The number of nitro benzene ring substituents is 2. The number of hydrogen-bond donors (Lipinski definition) is 7. The minimum Gasteiger partial charge on any atom is -0.479 e. The van der Waals surface area contributed by atoms with Gasteiger partial charge in [0.15, 0.2) is 43.8 Å². The standard InChI is InChI=1S/C18H17FN2O4S.C18H17FN2O2S.C10H11FO3S.C8H6N2O2.C8H8N2.C7H3IN2O2.C3H3F5.CH3F.CH4/c1-12-10-14(6-9-16(12)20-3)21-17(22)18(2,23)11-26(24,25)15-7-4-13(19)5-8-15;1-12-10-14(6-9-16(12)20-3)21-17(22)18(2,23)11-24-15-7-4-13(19)5-8-15;1-10(14,9(12)13)6-15-8-4-2-7(11)3-5-8;1-6-5-7(10(11)12)3-4-8(6)9-2;1-6-5-7(9)3-4-8(6)10-2;1-9-7-3-2-5(10(11)12)4-6(7)8;1-2(4,5)3(6,7)8;1-2;/h4-10,23H,11H2,1-2H3,(H,21,22);4-10,23H,11H2,1-2H3,(H,21,22);2-5,14H,6H2,1H3,(H,12,13);3-5H,1H3;3-5H,9H2,1H3;2-4H;1H3;1H3;1H4/i;;;;;;;1D;. The van der Waals surface area contributed by atoms with Gasteiger partial charge in [0.05, 0.1) is 61.9 Å². The van der Waals surface area contributed by atoms with Gasteiger partial charge in [-0.3, -0.25) is 34.2 Å². The molecule has 0 spiro atoms. The lowest BCUT2D eigenvalue weighted by Gasteiger charge is -2.22. The molecular weight excluding hydrogens is 1630 g/mol. The highest BCUT2D eigenvalue weighted by Crippen LogP contribution is 2.35. The van der Waals surface area contributed by atoms with Crippen LogP contribution >= 0.6 is 46.1 Å². The van der Waals surface area contributed by atoms with E-state index >= 15 is 0 Å². The van der Waals surface area contributed by atoms with E-state index in [-0.39, 0.29) is 53.8 Å². The fourth-order valence-electron chi connectivity index (χ4n) is 7.43. The number of carbonyl (C=O) groups excluding carboxylic acids is 2. The molecule has 8 N–H and O–H groups in total. The highest BCUT2D eigenvalue weighted by molar-refractivity contribution is 14.1. The molecule has 110 heavy (non-hydrogen) atoms. The summed E-state index contributed by atoms with van der Waals surface area (Å²) in [5, 5.41) is 64.4. The summed E-state index contributed by atoms with van der Waals surface area (Å²) < 4.78 is 134. The summed E-state index contributed by atoms with van der Waals surface area (Å²) in [5.74, 6) is -9.25. The SMILES string of the molecule is C.CC(F)(F)C(F)(F)F.CC(O)(CSc1ccc(F)cc1)C(=O)O.[2H]CF.[C-]#[N+]c1ccc(N)cc1C.[C-]#[N+]c1ccc(NC(=O)C(C)(O)CS(=O)(=O)c2ccc(F)cc2)cc1C.[C-]#[N+]c1ccc(NC(=O)C(C)(O)CSc2ccc(F)cc2)cc1C.[C-]#[N+]c1ccc([N+](=O)[O-])cc1C.[C-]#[N+]c1ccc([N+](=O)[O-])cc1I. The lowest BCUT2D eigenvalue weighted by Crippen LogP contribution is -2.45. The van der Waals surface area contributed by atoms with Crippen LogP contribution < -0.4 is 16.4 Å². The molecule has 0 saturated heterocycles. The number of rotatable bonds is 16. The highest BCUT2D eigenvalue weighted by Gasteiger charge is 2.53. The van der Waals surface area contributed by atoms with Crippen LogP contribution in [0.1, 0.15) is 58.7 Å². The Labute approximate surface area is 652 Å². The first-order valence-electron chi connectivity index (χ1n) is 30.9. The second kappa shape index (κ2) is 45.6. The van der Waals surface area contributed by atoms with Gasteiger partial charge < -0.3 is 36.8 Å². The van der Waals surface area contributed by atoms with Gasteiger partial charge in [0.25, 0.3) is 23.2 Å². The van der Waals surface area contributed by atoms with Crippen molar-refractivity contribution in [1.29, 1.82) is 0 Å². The van der Waals surface area contributed by atoms with Crippen molar-refractivity contribution in [2.24, 2.45) is 0 Å². The molecule has 0 fully saturated rings. The molecule has 0 aliphatic heterocycles. The van der Waals surface area contributed by atoms with Crippen LogP contribution in [0, 0.1) is 102 Å². The number of benzene rings is 8. The summed E-state index contributed by atoms with van der Waals surface area (Å²) in [7, 11) is -5.01. The first kappa shape index (κ1) is 96.9. The van der Waals surface area contributed by atoms with Crippen molar-refractivity contribution >= 4 is 131 Å². The summed E-state index contributed by atoms with van der Waals surface area (Å²) in [6.07, 6.45) is -5.40. The molecule has 0 aromatic heterocycles. The van der Waals surface area contributed by atoms with Crippen LogP contribution in [-0.2, 0) is 24.2 Å². The Morgan fingerprint density at radius 1 is 0.536 bits per heavy atom. The quantitative estimate of drug-likeness (QED) is 0.00691. The second-order valence-corrected chi connectivity index (χ2v) is 28.1. The Morgan fingerprint density at radius 2 is 0.845 bits per heavy atom. The van der Waals surface area contributed by atoms with E-state index in [0.29, 0.717) is 60.2 Å². The maximum absolute atomic E-state index is 12.9. The number of thioether (sulfide) groups is 2. The summed E-state index contributed by atoms with van der Waals surface area (Å²) >= 11 is 4.33. The Kier molecular flexibility index (Phi) is 40.2. The van der Waals surface area contributed by atoms with Crippen molar-refractivity contribution in [1.82, 2.24) is 0 Å². The number of carboxylic acid groups (broad SMARTS) is 1. The summed E-state index contributed by atoms with van der Waals surface area (Å²) in [6, 6.07) is 38.8. The zero-order valence-electron chi connectivity index (χ0n) is 59.6. The molecule has 0 aliphatic rings. The first-order valence-corrected chi connectivity index (χ1v) is 34.9. The fraction of sp³-hybridized carbons (Fsp3) is 0.243. The second-order valence-electron chi connectivity index (χ2n) is 22.8. The predicted octanol–water partition coefficient (Wildman–Crippen LogP) is 19.5. The van der Waals surface area contributed by atoms with E-state index in [1.807, 2.05) is 29.5 Å². The molecule has 0 heterocycles. The van der Waals surface area contributed by atoms with Crippen LogP contribution in [0.25, 0.3) is 24.2 Å². The van der Waals surface area contributed by atoms with Crippen LogP contribution in [0.15, 0.2) is 178 Å². The number of carbonyl (C=O) groups is 3. The number of amides is 2. The largest absolute Gasteiger partial charge is 0.479 e. The van der Waals surface area contributed by atoms with Gasteiger partial charge in [0, 0.05) is 73.1 Å². The van der Waals surface area contributed by atoms with Crippen LogP contribution in [0.3, 0.4) is 0 Å².